The fourth-order valence-corrected chi connectivity index (χ4v) is 1.83. The van der Waals surface area contributed by atoms with E-state index in [1.165, 1.54) is 5.56 Å². The molecule has 0 saturated heterocycles. The average Bonchev–Trinajstić information content (AvgIpc) is 2.77. The van der Waals surface area contributed by atoms with Crippen LogP contribution in [-0.4, -0.2) is 21.1 Å². The van der Waals surface area contributed by atoms with Gasteiger partial charge in [-0.1, -0.05) is 38.1 Å². The monoisotopic (exact) mass is 260 g/mol. The summed E-state index contributed by atoms with van der Waals surface area (Å²) in [6.07, 6.45) is 3.63. The molecule has 2 rings (SSSR count). The van der Waals surface area contributed by atoms with Gasteiger partial charge in [-0.05, 0) is 29.8 Å². The number of rotatable bonds is 4. The summed E-state index contributed by atoms with van der Waals surface area (Å²) in [4.78, 5) is 0. The summed E-state index contributed by atoms with van der Waals surface area (Å²) in [5.41, 5.74) is 2.37. The van der Waals surface area contributed by atoms with Crippen LogP contribution in [-0.2, 0) is 12.8 Å². The van der Waals surface area contributed by atoms with Crippen LogP contribution < -0.4 is 0 Å². The van der Waals surface area contributed by atoms with Crippen LogP contribution in [0.25, 0.3) is 0 Å². The second-order valence-electron chi connectivity index (χ2n) is 3.95. The fraction of sp³-hybridized carbons (Fsp3) is 0.308. The molecule has 0 radical (unpaired) electrons. The third-order valence-corrected chi connectivity index (χ3v) is 3.01. The minimum absolute atomic E-state index is 0.522. The van der Waals surface area contributed by atoms with Gasteiger partial charge in [0, 0.05) is 6.42 Å². The van der Waals surface area contributed by atoms with Crippen molar-refractivity contribution in [3.8, 4) is 0 Å². The van der Waals surface area contributed by atoms with Crippen molar-refractivity contribution in [2.75, 3.05) is 0 Å². The topological polar surface area (TPSA) is 46.0 Å². The standard InChI is InChI=1S/C13H16N4S/c1-3-10-5-7-11(8-6-10)9-14-17-12(4-2)15-16-13(17)18/h5-9H,3-4H2,1-2H3,(H,16,18). The maximum Gasteiger partial charge on any atom is 0.216 e. The molecule has 0 unspecified atom stereocenters. The van der Waals surface area contributed by atoms with Crippen molar-refractivity contribution in [1.82, 2.24) is 14.9 Å². The van der Waals surface area contributed by atoms with Crippen LogP contribution in [0.2, 0.25) is 0 Å². The van der Waals surface area contributed by atoms with Crippen LogP contribution in [0, 0.1) is 4.77 Å². The molecule has 2 aromatic rings. The van der Waals surface area contributed by atoms with E-state index in [-0.39, 0.29) is 0 Å². The third-order valence-electron chi connectivity index (χ3n) is 2.74. The van der Waals surface area contributed by atoms with Gasteiger partial charge in [-0.2, -0.15) is 14.9 Å². The Labute approximate surface area is 111 Å². The quantitative estimate of drug-likeness (QED) is 0.678. The van der Waals surface area contributed by atoms with Gasteiger partial charge in [0.1, 0.15) is 0 Å². The molecule has 1 N–H and O–H groups in total. The van der Waals surface area contributed by atoms with Gasteiger partial charge >= 0.3 is 0 Å². The first-order chi connectivity index (χ1) is 8.74. The number of benzene rings is 1. The first-order valence-corrected chi connectivity index (χ1v) is 6.45. The van der Waals surface area contributed by atoms with Gasteiger partial charge in [0.25, 0.3) is 0 Å². The Balaban J connectivity index is 2.24. The van der Waals surface area contributed by atoms with Gasteiger partial charge in [-0.3, -0.25) is 5.10 Å². The Morgan fingerprint density at radius 3 is 2.61 bits per heavy atom. The van der Waals surface area contributed by atoms with Crippen LogP contribution >= 0.6 is 12.2 Å². The molecule has 0 aliphatic rings. The molecule has 1 heterocycles. The smallest absolute Gasteiger partial charge is 0.216 e. The van der Waals surface area contributed by atoms with Gasteiger partial charge in [0.15, 0.2) is 5.82 Å². The normalized spacial score (nSPS) is 11.2. The molecular formula is C13H16N4S. The van der Waals surface area contributed by atoms with E-state index in [1.807, 2.05) is 6.92 Å². The molecule has 0 spiro atoms. The second kappa shape index (κ2) is 5.73. The van der Waals surface area contributed by atoms with Crippen molar-refractivity contribution in [3.63, 3.8) is 0 Å². The third kappa shape index (κ3) is 2.73. The molecule has 0 atom stereocenters. The van der Waals surface area contributed by atoms with E-state index >= 15 is 0 Å². The van der Waals surface area contributed by atoms with Crippen molar-refractivity contribution in [1.29, 1.82) is 0 Å². The van der Waals surface area contributed by atoms with E-state index in [4.69, 9.17) is 12.2 Å². The largest absolute Gasteiger partial charge is 0.250 e. The van der Waals surface area contributed by atoms with E-state index in [2.05, 4.69) is 46.5 Å². The summed E-state index contributed by atoms with van der Waals surface area (Å²) in [6, 6.07) is 8.32. The number of nitrogens with zero attached hydrogens (tertiary/aromatic N) is 3. The molecule has 0 saturated carbocycles. The number of H-pyrrole nitrogens is 1. The molecule has 4 nitrogen and oxygen atoms in total. The van der Waals surface area contributed by atoms with E-state index in [0.29, 0.717) is 4.77 Å². The second-order valence-corrected chi connectivity index (χ2v) is 4.34. The predicted octanol–water partition coefficient (Wildman–Crippen LogP) is 2.95. The molecule has 1 aromatic heterocycles. The van der Waals surface area contributed by atoms with Gasteiger partial charge in [-0.15, -0.1) is 0 Å². The highest BCUT2D eigenvalue weighted by molar-refractivity contribution is 7.71. The van der Waals surface area contributed by atoms with Crippen molar-refractivity contribution >= 4 is 18.4 Å². The van der Waals surface area contributed by atoms with Gasteiger partial charge < -0.3 is 0 Å². The predicted molar refractivity (Wildman–Crippen MR) is 75.6 cm³/mol. The molecule has 0 bridgehead atoms. The summed E-state index contributed by atoms with van der Waals surface area (Å²) in [7, 11) is 0. The molecule has 5 heteroatoms. The van der Waals surface area contributed by atoms with Crippen molar-refractivity contribution < 1.29 is 0 Å². The van der Waals surface area contributed by atoms with Crippen LogP contribution in [0.1, 0.15) is 30.8 Å². The first-order valence-electron chi connectivity index (χ1n) is 6.04. The minimum Gasteiger partial charge on any atom is -0.250 e. The van der Waals surface area contributed by atoms with Gasteiger partial charge in [0.2, 0.25) is 4.77 Å². The number of nitrogens with one attached hydrogen (secondary N) is 1. The van der Waals surface area contributed by atoms with Crippen LogP contribution in [0.5, 0.6) is 0 Å². The summed E-state index contributed by atoms with van der Waals surface area (Å²) in [5, 5.41) is 11.2. The Hall–Kier alpha value is -1.75. The van der Waals surface area contributed by atoms with E-state index < -0.39 is 0 Å². The molecule has 0 fully saturated rings. The molecular weight excluding hydrogens is 244 g/mol. The highest BCUT2D eigenvalue weighted by Crippen LogP contribution is 2.04. The van der Waals surface area contributed by atoms with Crippen molar-refractivity contribution in [2.24, 2.45) is 5.10 Å². The van der Waals surface area contributed by atoms with Crippen molar-refractivity contribution in [3.05, 3.63) is 46.0 Å². The minimum atomic E-state index is 0.522. The SMILES string of the molecule is CCc1ccc(C=Nn2c(CC)n[nH]c2=S)cc1. The maximum atomic E-state index is 5.13. The highest BCUT2D eigenvalue weighted by Gasteiger charge is 2.00. The zero-order valence-corrected chi connectivity index (χ0v) is 11.4. The molecule has 0 aliphatic heterocycles. The Morgan fingerprint density at radius 2 is 2.00 bits per heavy atom. The lowest BCUT2D eigenvalue weighted by Crippen LogP contribution is -1.97. The van der Waals surface area contributed by atoms with E-state index in [9.17, 15) is 0 Å². The van der Waals surface area contributed by atoms with E-state index in [1.54, 1.807) is 10.9 Å². The molecule has 0 amide bonds. The Morgan fingerprint density at radius 1 is 1.28 bits per heavy atom. The Kier molecular flexibility index (Phi) is 4.04. The summed E-state index contributed by atoms with van der Waals surface area (Å²) in [6.45, 7) is 4.16. The number of aromatic amines is 1. The van der Waals surface area contributed by atoms with Crippen LogP contribution in [0.15, 0.2) is 29.4 Å². The Bertz CT molecular complexity index is 592. The summed E-state index contributed by atoms with van der Waals surface area (Å²) in [5.74, 6) is 0.835. The molecule has 1 aromatic carbocycles. The number of aromatic nitrogens is 3. The zero-order chi connectivity index (χ0) is 13.0. The lowest BCUT2D eigenvalue weighted by molar-refractivity contribution is 0.780. The van der Waals surface area contributed by atoms with E-state index in [0.717, 1.165) is 24.2 Å². The lowest BCUT2D eigenvalue weighted by Gasteiger charge is -1.98. The molecule has 0 aliphatic carbocycles. The number of hydrogen-bond donors (Lipinski definition) is 1. The molecule has 18 heavy (non-hydrogen) atoms. The first kappa shape index (κ1) is 12.7. The number of hydrogen-bond acceptors (Lipinski definition) is 3. The van der Waals surface area contributed by atoms with Gasteiger partial charge in [-0.25, -0.2) is 0 Å². The summed E-state index contributed by atoms with van der Waals surface area (Å²) >= 11 is 5.13. The average molecular weight is 260 g/mol. The summed E-state index contributed by atoms with van der Waals surface area (Å²) < 4.78 is 2.18. The van der Waals surface area contributed by atoms with Crippen LogP contribution in [0.4, 0.5) is 0 Å². The van der Waals surface area contributed by atoms with Crippen molar-refractivity contribution in [2.45, 2.75) is 26.7 Å². The molecule has 94 valence electrons. The highest BCUT2D eigenvalue weighted by atomic mass is 32.1. The zero-order valence-electron chi connectivity index (χ0n) is 10.6. The maximum absolute atomic E-state index is 5.13. The lowest BCUT2D eigenvalue weighted by atomic mass is 10.1. The fourth-order valence-electron chi connectivity index (χ4n) is 1.64. The van der Waals surface area contributed by atoms with Crippen LogP contribution in [0.3, 0.4) is 0 Å². The number of aryl methyl sites for hydroxylation is 2. The van der Waals surface area contributed by atoms with Gasteiger partial charge in [0.05, 0.1) is 6.21 Å².